The molecule has 0 aromatic heterocycles. The average molecular weight is 478 g/mol. The highest BCUT2D eigenvalue weighted by molar-refractivity contribution is 7.93. The van der Waals surface area contributed by atoms with Gasteiger partial charge in [0.05, 0.1) is 23.1 Å². The molecule has 7 nitrogen and oxygen atoms in total. The monoisotopic (exact) mass is 477 g/mol. The van der Waals surface area contributed by atoms with Gasteiger partial charge in [-0.3, -0.25) is 9.52 Å². The van der Waals surface area contributed by atoms with Gasteiger partial charge in [-0.1, -0.05) is 6.92 Å². The van der Waals surface area contributed by atoms with Gasteiger partial charge in [-0.15, -0.1) is 0 Å². The van der Waals surface area contributed by atoms with Gasteiger partial charge in [-0.25, -0.2) is 12.8 Å². The highest BCUT2D eigenvalue weighted by Gasteiger charge is 2.26. The van der Waals surface area contributed by atoms with E-state index in [1.165, 1.54) is 24.3 Å². The predicted molar refractivity (Wildman–Crippen MR) is 130 cm³/mol. The van der Waals surface area contributed by atoms with E-state index in [1.54, 1.807) is 19.9 Å². The third kappa shape index (κ3) is 5.83. The van der Waals surface area contributed by atoms with Gasteiger partial charge in [-0.05, 0) is 70.5 Å². The lowest BCUT2D eigenvalue weighted by atomic mass is 10.0. The fraction of sp³-hybridized carbons (Fsp3) is 0.458. The molecule has 1 aliphatic rings. The molecule has 0 saturated carbocycles. The Hall–Kier alpha value is -2.65. The maximum Gasteiger partial charge on any atom is 0.255 e. The first-order valence-electron chi connectivity index (χ1n) is 11.2. The SMILES string of the molecule is CCc1c(N2C[C@@H](C)O[C@@H](C)C2)ccc(NC(=O)c2ccc(NS(=O)(=O)C(C)C)cc2)c1F. The quantitative estimate of drug-likeness (QED) is 0.617. The Morgan fingerprint density at radius 2 is 1.73 bits per heavy atom. The zero-order chi connectivity index (χ0) is 24.3. The molecule has 180 valence electrons. The molecule has 1 heterocycles. The number of benzene rings is 2. The van der Waals surface area contributed by atoms with Crippen molar-refractivity contribution in [2.75, 3.05) is 28.0 Å². The van der Waals surface area contributed by atoms with Gasteiger partial charge in [0.25, 0.3) is 5.91 Å². The number of carbonyl (C=O) groups excluding carboxylic acids is 1. The third-order valence-electron chi connectivity index (χ3n) is 5.61. The Morgan fingerprint density at radius 3 is 2.27 bits per heavy atom. The van der Waals surface area contributed by atoms with E-state index < -0.39 is 27.0 Å². The van der Waals surface area contributed by atoms with E-state index in [9.17, 15) is 13.2 Å². The lowest BCUT2D eigenvalue weighted by molar-refractivity contribution is -0.00528. The topological polar surface area (TPSA) is 87.7 Å². The second-order valence-corrected chi connectivity index (χ2v) is 10.9. The number of nitrogens with zero attached hydrogens (tertiary/aromatic N) is 1. The summed E-state index contributed by atoms with van der Waals surface area (Å²) in [6.45, 7) is 10.4. The van der Waals surface area contributed by atoms with Crippen molar-refractivity contribution < 1.29 is 22.3 Å². The highest BCUT2D eigenvalue weighted by Crippen LogP contribution is 2.31. The van der Waals surface area contributed by atoms with Crippen LogP contribution in [0.2, 0.25) is 0 Å². The van der Waals surface area contributed by atoms with Gasteiger partial charge in [0.1, 0.15) is 0 Å². The molecule has 9 heteroatoms. The van der Waals surface area contributed by atoms with Crippen molar-refractivity contribution in [1.82, 2.24) is 0 Å². The summed E-state index contributed by atoms with van der Waals surface area (Å²) in [5, 5.41) is 2.06. The van der Waals surface area contributed by atoms with Crippen LogP contribution in [0.4, 0.5) is 21.5 Å². The van der Waals surface area contributed by atoms with Crippen LogP contribution >= 0.6 is 0 Å². The second kappa shape index (κ2) is 10.1. The number of hydrogen-bond donors (Lipinski definition) is 2. The molecular weight excluding hydrogens is 445 g/mol. The molecule has 2 N–H and O–H groups in total. The minimum Gasteiger partial charge on any atom is -0.372 e. The maximum atomic E-state index is 15.3. The maximum absolute atomic E-state index is 15.3. The van der Waals surface area contributed by atoms with E-state index in [0.29, 0.717) is 36.3 Å². The summed E-state index contributed by atoms with van der Waals surface area (Å²) in [7, 11) is -3.48. The molecule has 0 bridgehead atoms. The number of amides is 1. The molecule has 2 atom stereocenters. The van der Waals surface area contributed by atoms with Gasteiger partial charge in [0, 0.05) is 35.6 Å². The van der Waals surface area contributed by atoms with Crippen LogP contribution in [-0.4, -0.2) is 44.9 Å². The van der Waals surface area contributed by atoms with Crippen LogP contribution in [0.25, 0.3) is 0 Å². The first-order valence-corrected chi connectivity index (χ1v) is 12.7. The van der Waals surface area contributed by atoms with Gasteiger partial charge in [0.2, 0.25) is 10.0 Å². The van der Waals surface area contributed by atoms with Crippen LogP contribution in [0.15, 0.2) is 36.4 Å². The fourth-order valence-electron chi connectivity index (χ4n) is 3.88. The Bertz CT molecular complexity index is 1090. The molecule has 0 unspecified atom stereocenters. The smallest absolute Gasteiger partial charge is 0.255 e. The summed E-state index contributed by atoms with van der Waals surface area (Å²) >= 11 is 0. The summed E-state index contributed by atoms with van der Waals surface area (Å²) in [6.07, 6.45) is 0.582. The van der Waals surface area contributed by atoms with E-state index in [1.807, 2.05) is 26.8 Å². The Kier molecular flexibility index (Phi) is 7.64. The number of hydrogen-bond acceptors (Lipinski definition) is 5. The van der Waals surface area contributed by atoms with Crippen LogP contribution in [0.1, 0.15) is 50.5 Å². The van der Waals surface area contributed by atoms with Crippen molar-refractivity contribution in [2.45, 2.75) is 58.5 Å². The molecule has 33 heavy (non-hydrogen) atoms. The number of ether oxygens (including phenoxy) is 1. The van der Waals surface area contributed by atoms with Crippen molar-refractivity contribution >= 4 is 33.0 Å². The van der Waals surface area contributed by atoms with Crippen LogP contribution in [0, 0.1) is 5.82 Å². The molecule has 1 amide bonds. The molecule has 3 rings (SSSR count). The second-order valence-electron chi connectivity index (χ2n) is 8.67. The Morgan fingerprint density at radius 1 is 1.12 bits per heavy atom. The van der Waals surface area contributed by atoms with Gasteiger partial charge >= 0.3 is 0 Å². The Balaban J connectivity index is 1.77. The molecule has 0 radical (unpaired) electrons. The van der Waals surface area contributed by atoms with E-state index in [4.69, 9.17) is 4.74 Å². The van der Waals surface area contributed by atoms with Crippen LogP contribution in [0.5, 0.6) is 0 Å². The molecule has 1 aliphatic heterocycles. The highest BCUT2D eigenvalue weighted by atomic mass is 32.2. The van der Waals surface area contributed by atoms with Gasteiger partial charge < -0.3 is 15.0 Å². The van der Waals surface area contributed by atoms with Crippen molar-refractivity contribution in [3.05, 3.63) is 53.3 Å². The molecule has 2 aromatic carbocycles. The summed E-state index contributed by atoms with van der Waals surface area (Å²) in [4.78, 5) is 14.8. The van der Waals surface area contributed by atoms with E-state index in [0.717, 1.165) is 5.69 Å². The van der Waals surface area contributed by atoms with Crippen molar-refractivity contribution in [1.29, 1.82) is 0 Å². The van der Waals surface area contributed by atoms with Crippen LogP contribution in [-0.2, 0) is 21.2 Å². The number of rotatable bonds is 7. The lowest BCUT2D eigenvalue weighted by Gasteiger charge is -2.38. The lowest BCUT2D eigenvalue weighted by Crippen LogP contribution is -2.46. The number of nitrogens with one attached hydrogen (secondary N) is 2. The summed E-state index contributed by atoms with van der Waals surface area (Å²) in [6, 6.07) is 9.43. The minimum atomic E-state index is -3.48. The number of anilines is 3. The standard InChI is InChI=1S/C24H32FN3O4S/c1-6-20-22(28-13-16(4)32-17(5)14-28)12-11-21(23(20)25)26-24(29)18-7-9-19(10-8-18)27-33(30,31)15(2)3/h7-12,15-17,27H,6,13-14H2,1-5H3,(H,26,29)/t16-,17+. The van der Waals surface area contributed by atoms with Crippen LogP contribution < -0.4 is 14.9 Å². The number of carbonyl (C=O) groups is 1. The fourth-order valence-corrected chi connectivity index (χ4v) is 4.58. The van der Waals surface area contributed by atoms with Crippen molar-refractivity contribution in [3.8, 4) is 0 Å². The number of halogens is 1. The molecule has 1 saturated heterocycles. The predicted octanol–water partition coefficient (Wildman–Crippen LogP) is 4.40. The third-order valence-corrected chi connectivity index (χ3v) is 7.37. The van der Waals surface area contributed by atoms with E-state index in [-0.39, 0.29) is 17.9 Å². The largest absolute Gasteiger partial charge is 0.372 e. The van der Waals surface area contributed by atoms with E-state index >= 15 is 4.39 Å². The molecular formula is C24H32FN3O4S. The number of morpholine rings is 1. The Labute approximate surface area is 195 Å². The zero-order valence-electron chi connectivity index (χ0n) is 19.7. The number of sulfonamides is 1. The van der Waals surface area contributed by atoms with Crippen molar-refractivity contribution in [3.63, 3.8) is 0 Å². The summed E-state index contributed by atoms with van der Waals surface area (Å²) < 4.78 is 47.6. The normalized spacial score (nSPS) is 18.9. The first-order chi connectivity index (χ1) is 15.5. The summed E-state index contributed by atoms with van der Waals surface area (Å²) in [5.74, 6) is -0.924. The van der Waals surface area contributed by atoms with E-state index in [2.05, 4.69) is 14.9 Å². The summed E-state index contributed by atoms with van der Waals surface area (Å²) in [5.41, 5.74) is 2.13. The van der Waals surface area contributed by atoms with Gasteiger partial charge in [0.15, 0.2) is 5.82 Å². The first kappa shape index (κ1) is 25.0. The molecule has 0 spiro atoms. The van der Waals surface area contributed by atoms with Crippen LogP contribution in [0.3, 0.4) is 0 Å². The minimum absolute atomic E-state index is 0.0499. The molecule has 2 aromatic rings. The molecule has 1 fully saturated rings. The van der Waals surface area contributed by atoms with Gasteiger partial charge in [-0.2, -0.15) is 0 Å². The van der Waals surface area contributed by atoms with Crippen molar-refractivity contribution in [2.24, 2.45) is 0 Å². The average Bonchev–Trinajstić information content (AvgIpc) is 2.74. The zero-order valence-corrected chi connectivity index (χ0v) is 20.5. The molecule has 0 aliphatic carbocycles.